The summed E-state index contributed by atoms with van der Waals surface area (Å²) in [6.45, 7) is 0.644. The molecule has 0 fully saturated rings. The van der Waals surface area contributed by atoms with Gasteiger partial charge in [-0.15, -0.1) is 0 Å². The Kier molecular flexibility index (Phi) is 5.56. The van der Waals surface area contributed by atoms with Crippen LogP contribution in [0.1, 0.15) is 17.5 Å². The third kappa shape index (κ3) is 4.67. The van der Waals surface area contributed by atoms with E-state index < -0.39 is 0 Å². The Balaban J connectivity index is 1.70. The number of hydrogen-bond acceptors (Lipinski definition) is 2. The first-order chi connectivity index (χ1) is 9.75. The fourth-order valence-corrected chi connectivity index (χ4v) is 2.16. The third-order valence-electron chi connectivity index (χ3n) is 3.06. The molecule has 3 nitrogen and oxygen atoms in total. The SMILES string of the molecule is O=C(CCc1ccccc1Cl)NCCc1ccncc1. The standard InChI is InChI=1S/C16H17ClN2O/c17-15-4-2-1-3-14(15)5-6-16(20)19-12-9-13-7-10-18-11-8-13/h1-4,7-8,10-11H,5-6,9,12H2,(H,19,20). The van der Waals surface area contributed by atoms with Gasteiger partial charge in [-0.3, -0.25) is 9.78 Å². The zero-order valence-electron chi connectivity index (χ0n) is 11.2. The van der Waals surface area contributed by atoms with E-state index in [9.17, 15) is 4.79 Å². The summed E-state index contributed by atoms with van der Waals surface area (Å²) in [5.74, 6) is 0.0546. The maximum Gasteiger partial charge on any atom is 0.220 e. The van der Waals surface area contributed by atoms with Crippen molar-refractivity contribution in [2.24, 2.45) is 0 Å². The zero-order chi connectivity index (χ0) is 14.2. The molecule has 0 aliphatic carbocycles. The molecule has 104 valence electrons. The number of amides is 1. The third-order valence-corrected chi connectivity index (χ3v) is 3.43. The van der Waals surface area contributed by atoms with Gasteiger partial charge in [0.05, 0.1) is 0 Å². The lowest BCUT2D eigenvalue weighted by Crippen LogP contribution is -2.25. The molecular weight excluding hydrogens is 272 g/mol. The number of pyridine rings is 1. The molecule has 0 aliphatic rings. The molecule has 0 bridgehead atoms. The van der Waals surface area contributed by atoms with Crippen LogP contribution < -0.4 is 5.32 Å². The van der Waals surface area contributed by atoms with Gasteiger partial charge in [-0.2, -0.15) is 0 Å². The van der Waals surface area contributed by atoms with Gasteiger partial charge < -0.3 is 5.32 Å². The second kappa shape index (κ2) is 7.65. The van der Waals surface area contributed by atoms with Crippen LogP contribution in [0.4, 0.5) is 0 Å². The van der Waals surface area contributed by atoms with Crippen LogP contribution in [-0.2, 0) is 17.6 Å². The first-order valence-corrected chi connectivity index (χ1v) is 7.02. The highest BCUT2D eigenvalue weighted by atomic mass is 35.5. The molecule has 20 heavy (non-hydrogen) atoms. The largest absolute Gasteiger partial charge is 0.356 e. The Hall–Kier alpha value is -1.87. The number of rotatable bonds is 6. The van der Waals surface area contributed by atoms with Gasteiger partial charge in [-0.05, 0) is 42.2 Å². The van der Waals surface area contributed by atoms with Crippen LogP contribution >= 0.6 is 11.6 Å². The number of carbonyl (C=O) groups excluding carboxylic acids is 1. The number of nitrogens with one attached hydrogen (secondary N) is 1. The van der Waals surface area contributed by atoms with Crippen LogP contribution in [-0.4, -0.2) is 17.4 Å². The van der Waals surface area contributed by atoms with E-state index >= 15 is 0 Å². The molecule has 1 aromatic heterocycles. The molecule has 0 spiro atoms. The molecule has 1 aromatic carbocycles. The lowest BCUT2D eigenvalue weighted by molar-refractivity contribution is -0.121. The van der Waals surface area contributed by atoms with Crippen LogP contribution in [0.15, 0.2) is 48.8 Å². The van der Waals surface area contributed by atoms with Crippen LogP contribution in [0, 0.1) is 0 Å². The molecule has 4 heteroatoms. The van der Waals surface area contributed by atoms with E-state index in [1.807, 2.05) is 36.4 Å². The van der Waals surface area contributed by atoms with E-state index in [1.54, 1.807) is 12.4 Å². The highest BCUT2D eigenvalue weighted by molar-refractivity contribution is 6.31. The Morgan fingerprint density at radius 2 is 1.85 bits per heavy atom. The molecule has 0 aliphatic heterocycles. The number of hydrogen-bond donors (Lipinski definition) is 1. The molecule has 0 saturated heterocycles. The molecule has 2 aromatic rings. The van der Waals surface area contributed by atoms with Gasteiger partial charge in [0, 0.05) is 30.4 Å². The van der Waals surface area contributed by atoms with Crippen LogP contribution in [0.5, 0.6) is 0 Å². The quantitative estimate of drug-likeness (QED) is 0.888. The number of halogens is 1. The Labute approximate surface area is 124 Å². The van der Waals surface area contributed by atoms with E-state index in [0.29, 0.717) is 19.4 Å². The fourth-order valence-electron chi connectivity index (χ4n) is 1.93. The van der Waals surface area contributed by atoms with E-state index in [0.717, 1.165) is 17.0 Å². The van der Waals surface area contributed by atoms with Crippen molar-refractivity contribution in [1.82, 2.24) is 10.3 Å². The minimum absolute atomic E-state index is 0.0546. The van der Waals surface area contributed by atoms with Crippen molar-refractivity contribution >= 4 is 17.5 Å². The summed E-state index contributed by atoms with van der Waals surface area (Å²) in [5, 5.41) is 3.64. The summed E-state index contributed by atoms with van der Waals surface area (Å²) in [5.41, 5.74) is 2.19. The van der Waals surface area contributed by atoms with Crippen molar-refractivity contribution in [3.63, 3.8) is 0 Å². The molecule has 1 N–H and O–H groups in total. The van der Waals surface area contributed by atoms with Crippen molar-refractivity contribution in [3.05, 3.63) is 64.9 Å². The minimum Gasteiger partial charge on any atom is -0.356 e. The molecule has 0 unspecified atom stereocenters. The van der Waals surface area contributed by atoms with Crippen LogP contribution in [0.25, 0.3) is 0 Å². The number of benzene rings is 1. The number of carbonyl (C=O) groups is 1. The molecular formula is C16H17ClN2O. The Bertz CT molecular complexity index is 557. The van der Waals surface area contributed by atoms with Gasteiger partial charge in [0.15, 0.2) is 0 Å². The van der Waals surface area contributed by atoms with Gasteiger partial charge in [0.2, 0.25) is 5.91 Å². The number of aromatic nitrogens is 1. The van der Waals surface area contributed by atoms with E-state index in [2.05, 4.69) is 10.3 Å². The monoisotopic (exact) mass is 288 g/mol. The maximum atomic E-state index is 11.8. The minimum atomic E-state index is 0.0546. The number of nitrogens with zero attached hydrogens (tertiary/aromatic N) is 1. The predicted octanol–water partition coefficient (Wildman–Crippen LogP) is 3.03. The summed E-state index contributed by atoms with van der Waals surface area (Å²) in [6.07, 6.45) is 5.46. The topological polar surface area (TPSA) is 42.0 Å². The second-order valence-corrected chi connectivity index (χ2v) is 4.95. The molecule has 2 rings (SSSR count). The fraction of sp³-hybridized carbons (Fsp3) is 0.250. The smallest absolute Gasteiger partial charge is 0.220 e. The van der Waals surface area contributed by atoms with Crippen LogP contribution in [0.3, 0.4) is 0 Å². The maximum absolute atomic E-state index is 11.8. The summed E-state index contributed by atoms with van der Waals surface area (Å²) < 4.78 is 0. The molecule has 1 amide bonds. The first-order valence-electron chi connectivity index (χ1n) is 6.65. The summed E-state index contributed by atoms with van der Waals surface area (Å²) in [6, 6.07) is 11.5. The van der Waals surface area contributed by atoms with Crippen molar-refractivity contribution in [3.8, 4) is 0 Å². The molecule has 0 saturated carbocycles. The Morgan fingerprint density at radius 1 is 1.10 bits per heavy atom. The van der Waals surface area contributed by atoms with Crippen molar-refractivity contribution < 1.29 is 4.79 Å². The average Bonchev–Trinajstić information content (AvgIpc) is 2.47. The van der Waals surface area contributed by atoms with E-state index in [-0.39, 0.29) is 5.91 Å². The second-order valence-electron chi connectivity index (χ2n) is 4.55. The first kappa shape index (κ1) is 14.5. The Morgan fingerprint density at radius 3 is 2.60 bits per heavy atom. The highest BCUT2D eigenvalue weighted by Gasteiger charge is 2.04. The lowest BCUT2D eigenvalue weighted by Gasteiger charge is -2.06. The summed E-state index contributed by atoms with van der Waals surface area (Å²) >= 11 is 6.05. The molecule has 0 radical (unpaired) electrons. The van der Waals surface area contributed by atoms with Gasteiger partial charge in [-0.25, -0.2) is 0 Å². The van der Waals surface area contributed by atoms with Gasteiger partial charge in [0.25, 0.3) is 0 Å². The number of aryl methyl sites for hydroxylation is 1. The average molecular weight is 289 g/mol. The zero-order valence-corrected chi connectivity index (χ0v) is 11.9. The van der Waals surface area contributed by atoms with Gasteiger partial charge in [-0.1, -0.05) is 29.8 Å². The van der Waals surface area contributed by atoms with Crippen molar-refractivity contribution in [2.45, 2.75) is 19.3 Å². The van der Waals surface area contributed by atoms with Crippen LogP contribution in [0.2, 0.25) is 5.02 Å². The summed E-state index contributed by atoms with van der Waals surface area (Å²) in [4.78, 5) is 15.7. The lowest BCUT2D eigenvalue weighted by atomic mass is 10.1. The van der Waals surface area contributed by atoms with Crippen molar-refractivity contribution in [1.29, 1.82) is 0 Å². The van der Waals surface area contributed by atoms with E-state index in [4.69, 9.17) is 11.6 Å². The molecule has 0 atom stereocenters. The van der Waals surface area contributed by atoms with Gasteiger partial charge >= 0.3 is 0 Å². The highest BCUT2D eigenvalue weighted by Crippen LogP contribution is 2.16. The van der Waals surface area contributed by atoms with Gasteiger partial charge in [0.1, 0.15) is 0 Å². The normalized spacial score (nSPS) is 10.2. The van der Waals surface area contributed by atoms with E-state index in [1.165, 1.54) is 5.56 Å². The van der Waals surface area contributed by atoms with Crippen molar-refractivity contribution in [2.75, 3.05) is 6.54 Å². The molecule has 1 heterocycles. The summed E-state index contributed by atoms with van der Waals surface area (Å²) in [7, 11) is 0. The predicted molar refractivity (Wildman–Crippen MR) is 80.7 cm³/mol.